The number of piperidine rings is 1. The number of amides is 1. The molecule has 3 heteroatoms. The first kappa shape index (κ1) is 18.9. The van der Waals surface area contributed by atoms with Crippen molar-refractivity contribution < 1.29 is 4.79 Å². The minimum atomic E-state index is -0.226. The summed E-state index contributed by atoms with van der Waals surface area (Å²) in [6, 6.07) is 23.0. The van der Waals surface area contributed by atoms with Gasteiger partial charge in [0.05, 0.1) is 5.41 Å². The van der Waals surface area contributed by atoms with Crippen molar-refractivity contribution in [3.8, 4) is 0 Å². The Morgan fingerprint density at radius 2 is 1.59 bits per heavy atom. The minimum absolute atomic E-state index is 0.226. The molecule has 2 aliphatic carbocycles. The molecule has 1 atom stereocenters. The van der Waals surface area contributed by atoms with Crippen molar-refractivity contribution in [1.82, 2.24) is 4.90 Å². The van der Waals surface area contributed by atoms with Crippen LogP contribution in [0.15, 0.2) is 60.7 Å². The molecule has 2 heterocycles. The lowest BCUT2D eigenvalue weighted by atomic mass is 9.80. The van der Waals surface area contributed by atoms with E-state index in [1.54, 1.807) is 0 Å². The number of benzene rings is 3. The van der Waals surface area contributed by atoms with Crippen LogP contribution in [0.25, 0.3) is 10.8 Å². The van der Waals surface area contributed by atoms with Crippen LogP contribution >= 0.6 is 0 Å². The van der Waals surface area contributed by atoms with E-state index >= 15 is 0 Å². The van der Waals surface area contributed by atoms with Crippen molar-refractivity contribution >= 4 is 22.4 Å². The number of likely N-dealkylation sites (tertiary alicyclic amines) is 1. The second kappa shape index (κ2) is 6.92. The summed E-state index contributed by atoms with van der Waals surface area (Å²) in [5.41, 5.74) is 5.29. The van der Waals surface area contributed by atoms with Gasteiger partial charge in [0.25, 0.3) is 0 Å². The average Bonchev–Trinajstić information content (AvgIpc) is 3.53. The molecule has 7 rings (SSSR count). The van der Waals surface area contributed by atoms with Gasteiger partial charge in [0.15, 0.2) is 0 Å². The summed E-state index contributed by atoms with van der Waals surface area (Å²) in [6.45, 7) is 2.14. The van der Waals surface area contributed by atoms with Crippen molar-refractivity contribution in [2.75, 3.05) is 18.0 Å². The monoisotopic (exact) mass is 422 g/mol. The van der Waals surface area contributed by atoms with E-state index in [0.29, 0.717) is 18.0 Å². The molecular weight excluding hydrogens is 392 g/mol. The van der Waals surface area contributed by atoms with Crippen LogP contribution in [0.4, 0.5) is 5.69 Å². The van der Waals surface area contributed by atoms with Crippen molar-refractivity contribution in [3.05, 3.63) is 77.4 Å². The van der Waals surface area contributed by atoms with Gasteiger partial charge in [-0.3, -0.25) is 9.69 Å². The van der Waals surface area contributed by atoms with Crippen molar-refractivity contribution in [2.24, 2.45) is 0 Å². The Morgan fingerprint density at radius 3 is 2.41 bits per heavy atom. The zero-order chi connectivity index (χ0) is 21.3. The zero-order valence-corrected chi connectivity index (χ0v) is 18.6. The predicted octanol–water partition coefficient (Wildman–Crippen LogP) is 5.76. The van der Waals surface area contributed by atoms with Gasteiger partial charge in [-0.25, -0.2) is 0 Å². The Labute approximate surface area is 190 Å². The Morgan fingerprint density at radius 1 is 0.844 bits per heavy atom. The summed E-state index contributed by atoms with van der Waals surface area (Å²) < 4.78 is 0. The molecule has 1 unspecified atom stereocenters. The van der Waals surface area contributed by atoms with Crippen LogP contribution in [-0.4, -0.2) is 29.9 Å². The number of hydrogen-bond acceptors (Lipinski definition) is 2. The number of fused-ring (bicyclic) bond motifs is 2. The average molecular weight is 423 g/mol. The quantitative estimate of drug-likeness (QED) is 0.524. The highest BCUT2D eigenvalue weighted by Crippen LogP contribution is 2.52. The van der Waals surface area contributed by atoms with Gasteiger partial charge >= 0.3 is 0 Å². The zero-order valence-electron chi connectivity index (χ0n) is 18.6. The van der Waals surface area contributed by atoms with E-state index in [-0.39, 0.29) is 5.41 Å². The van der Waals surface area contributed by atoms with Crippen molar-refractivity contribution in [3.63, 3.8) is 0 Å². The summed E-state index contributed by atoms with van der Waals surface area (Å²) in [4.78, 5) is 18.7. The Kier molecular flexibility index (Phi) is 4.08. The molecule has 162 valence electrons. The van der Waals surface area contributed by atoms with Gasteiger partial charge in [0, 0.05) is 30.9 Å². The number of rotatable bonds is 2. The van der Waals surface area contributed by atoms with Crippen LogP contribution in [0.3, 0.4) is 0 Å². The SMILES string of the molecule is O=C1N(C2CCN(C3Cc4cccc5cccc3c45)CC2)c2ccccc2C12CCCC2. The Hall–Kier alpha value is -2.65. The van der Waals surface area contributed by atoms with Crippen LogP contribution in [0.5, 0.6) is 0 Å². The molecule has 1 saturated carbocycles. The molecule has 0 aromatic heterocycles. The van der Waals surface area contributed by atoms with E-state index in [4.69, 9.17) is 0 Å². The van der Waals surface area contributed by atoms with Crippen molar-refractivity contribution in [1.29, 1.82) is 0 Å². The topological polar surface area (TPSA) is 23.6 Å². The lowest BCUT2D eigenvalue weighted by Gasteiger charge is -2.40. The predicted molar refractivity (Wildman–Crippen MR) is 129 cm³/mol. The first-order valence-electron chi connectivity index (χ1n) is 12.4. The van der Waals surface area contributed by atoms with Crippen LogP contribution in [-0.2, 0) is 16.6 Å². The molecule has 0 bridgehead atoms. The lowest BCUT2D eigenvalue weighted by Crippen LogP contribution is -2.49. The highest BCUT2D eigenvalue weighted by Gasteiger charge is 2.53. The molecule has 3 aromatic rings. The van der Waals surface area contributed by atoms with Crippen LogP contribution in [0.1, 0.15) is 61.3 Å². The number of nitrogens with zero attached hydrogens (tertiary/aromatic N) is 2. The second-order valence-corrected chi connectivity index (χ2v) is 10.3. The van der Waals surface area contributed by atoms with Gasteiger partial charge in [-0.2, -0.15) is 0 Å². The molecule has 1 saturated heterocycles. The molecule has 3 nitrogen and oxygen atoms in total. The van der Waals surface area contributed by atoms with E-state index < -0.39 is 0 Å². The third-order valence-corrected chi connectivity index (χ3v) is 8.86. The third-order valence-electron chi connectivity index (χ3n) is 8.86. The summed E-state index contributed by atoms with van der Waals surface area (Å²) in [7, 11) is 0. The molecule has 32 heavy (non-hydrogen) atoms. The van der Waals surface area contributed by atoms with Crippen LogP contribution in [0, 0.1) is 0 Å². The molecule has 1 amide bonds. The normalized spacial score (nSPS) is 24.7. The first-order chi connectivity index (χ1) is 15.8. The molecule has 2 fully saturated rings. The largest absolute Gasteiger partial charge is 0.308 e. The number of hydrogen-bond donors (Lipinski definition) is 0. The third kappa shape index (κ3) is 2.49. The fourth-order valence-electron chi connectivity index (χ4n) is 7.37. The molecule has 0 N–H and O–H groups in total. The molecule has 2 aliphatic heterocycles. The summed E-state index contributed by atoms with van der Waals surface area (Å²) in [5, 5.41) is 2.85. The molecule has 0 radical (unpaired) electrons. The van der Waals surface area contributed by atoms with E-state index in [1.807, 2.05) is 0 Å². The van der Waals surface area contributed by atoms with E-state index in [1.165, 1.54) is 46.0 Å². The maximum atomic E-state index is 13.8. The smallest absolute Gasteiger partial charge is 0.237 e. The van der Waals surface area contributed by atoms with Gasteiger partial charge in [0.1, 0.15) is 0 Å². The minimum Gasteiger partial charge on any atom is -0.308 e. The van der Waals surface area contributed by atoms with E-state index in [9.17, 15) is 4.79 Å². The number of carbonyl (C=O) groups is 1. The number of para-hydroxylation sites is 1. The van der Waals surface area contributed by atoms with E-state index in [2.05, 4.69) is 70.5 Å². The molecule has 1 spiro atoms. The van der Waals surface area contributed by atoms with Gasteiger partial charge in [-0.1, -0.05) is 67.4 Å². The highest BCUT2D eigenvalue weighted by atomic mass is 16.2. The number of anilines is 1. The lowest BCUT2D eigenvalue weighted by molar-refractivity contribution is -0.123. The number of carbonyl (C=O) groups excluding carboxylic acids is 1. The molecular formula is C29H30N2O. The fourth-order valence-corrected chi connectivity index (χ4v) is 7.37. The summed E-state index contributed by atoms with van der Waals surface area (Å²) >= 11 is 0. The molecule has 3 aromatic carbocycles. The van der Waals surface area contributed by atoms with E-state index in [0.717, 1.165) is 45.2 Å². The standard InChI is InChI=1S/C29H30N2O/c32-28-29(15-3-4-16-29)24-11-1-2-12-25(24)31(28)22-13-17-30(18-14-22)26-19-21-9-5-7-20-8-6-10-23(26)27(20)21/h1-2,5-12,22,26H,3-4,13-19H2. The fraction of sp³-hybridized carbons (Fsp3) is 0.414. The van der Waals surface area contributed by atoms with Gasteiger partial charge < -0.3 is 4.90 Å². The van der Waals surface area contributed by atoms with Crippen LogP contribution < -0.4 is 4.90 Å². The summed E-state index contributed by atoms with van der Waals surface area (Å²) in [5.74, 6) is 0.396. The first-order valence-corrected chi connectivity index (χ1v) is 12.4. The summed E-state index contributed by atoms with van der Waals surface area (Å²) in [6.07, 6.45) is 7.68. The van der Waals surface area contributed by atoms with Crippen molar-refractivity contribution in [2.45, 2.75) is 62.4 Å². The van der Waals surface area contributed by atoms with Gasteiger partial charge in [0.2, 0.25) is 5.91 Å². The Balaban J connectivity index is 1.14. The second-order valence-electron chi connectivity index (χ2n) is 10.3. The highest BCUT2D eigenvalue weighted by molar-refractivity contribution is 6.08. The maximum absolute atomic E-state index is 13.8. The van der Waals surface area contributed by atoms with Gasteiger partial charge in [-0.15, -0.1) is 0 Å². The molecule has 4 aliphatic rings. The van der Waals surface area contributed by atoms with Crippen LogP contribution in [0.2, 0.25) is 0 Å². The van der Waals surface area contributed by atoms with Gasteiger partial charge in [-0.05, 0) is 65.6 Å². The maximum Gasteiger partial charge on any atom is 0.237 e. The Bertz CT molecular complexity index is 1210.